The molecule has 0 unspecified atom stereocenters. The van der Waals surface area contributed by atoms with Gasteiger partial charge in [0.25, 0.3) is 0 Å². The van der Waals surface area contributed by atoms with Crippen molar-refractivity contribution >= 4 is 17.7 Å². The zero-order valence-corrected chi connectivity index (χ0v) is 22.8. The zero-order valence-electron chi connectivity index (χ0n) is 22.8. The molecule has 0 aromatic carbocycles. The number of carboxylic acid groups (broad SMARTS) is 1. The number of ether oxygens (including phenoxy) is 1. The Balaban J connectivity index is 2.66. The van der Waals surface area contributed by atoms with Gasteiger partial charge in [-0.25, -0.2) is 0 Å². The molecule has 0 amide bonds. The number of carbonyl (C=O) groups is 3. The number of ketones is 1. The molecule has 0 atom stereocenters. The van der Waals surface area contributed by atoms with Gasteiger partial charge in [0.15, 0.2) is 5.78 Å². The highest BCUT2D eigenvalue weighted by molar-refractivity contribution is 5.99. The Bertz CT molecular complexity index is 781. The number of aliphatic carboxylic acids is 1. The van der Waals surface area contributed by atoms with E-state index < -0.39 is 5.97 Å². The molecular weight excluding hydrogens is 442 g/mol. The average Bonchev–Trinajstić information content (AvgIpc) is 3.05. The smallest absolute Gasteiger partial charge is 0.305 e. The minimum absolute atomic E-state index is 0.0546. The fourth-order valence-corrected chi connectivity index (χ4v) is 4.89. The zero-order chi connectivity index (χ0) is 26.1. The summed E-state index contributed by atoms with van der Waals surface area (Å²) in [5.41, 5.74) is 3.65. The predicted octanol–water partition coefficient (Wildman–Crippen LogP) is 7.35. The van der Waals surface area contributed by atoms with Crippen molar-refractivity contribution in [3.8, 4) is 0 Å². The number of rotatable bonds is 21. The van der Waals surface area contributed by atoms with E-state index >= 15 is 0 Å². The standard InChI is InChI=1S/C29H49NO5/c1-5-7-8-9-10-11-12-13-15-18-26(31)29-23(3)25(20-21-27(32)33)30(24(29)4)22-17-14-16-19-28(34)35-6-2/h5-22H2,1-4H3,(H,32,33). The van der Waals surface area contributed by atoms with Crippen molar-refractivity contribution in [1.29, 1.82) is 0 Å². The maximum Gasteiger partial charge on any atom is 0.305 e. The predicted molar refractivity (Wildman–Crippen MR) is 141 cm³/mol. The molecule has 1 aromatic heterocycles. The average molecular weight is 492 g/mol. The maximum absolute atomic E-state index is 13.1. The highest BCUT2D eigenvalue weighted by Gasteiger charge is 2.22. The Hall–Kier alpha value is -2.11. The van der Waals surface area contributed by atoms with Crippen LogP contribution in [0.2, 0.25) is 0 Å². The van der Waals surface area contributed by atoms with Gasteiger partial charge in [0, 0.05) is 36.3 Å². The van der Waals surface area contributed by atoms with E-state index in [0.717, 1.165) is 61.2 Å². The van der Waals surface area contributed by atoms with Gasteiger partial charge in [-0.15, -0.1) is 0 Å². The fraction of sp³-hybridized carbons (Fsp3) is 0.759. The lowest BCUT2D eigenvalue weighted by atomic mass is 9.99. The van der Waals surface area contributed by atoms with Gasteiger partial charge in [0.05, 0.1) is 13.0 Å². The Kier molecular flexibility index (Phi) is 16.1. The number of aromatic nitrogens is 1. The van der Waals surface area contributed by atoms with Gasteiger partial charge in [-0.1, -0.05) is 64.7 Å². The monoisotopic (exact) mass is 491 g/mol. The first-order chi connectivity index (χ1) is 16.8. The topological polar surface area (TPSA) is 85.6 Å². The van der Waals surface area contributed by atoms with Crippen molar-refractivity contribution in [1.82, 2.24) is 4.57 Å². The molecular formula is C29H49NO5. The van der Waals surface area contributed by atoms with Crippen molar-refractivity contribution in [2.45, 2.75) is 137 Å². The molecule has 1 rings (SSSR count). The highest BCUT2D eigenvalue weighted by atomic mass is 16.5. The van der Waals surface area contributed by atoms with Crippen LogP contribution in [0, 0.1) is 13.8 Å². The van der Waals surface area contributed by atoms with E-state index in [9.17, 15) is 19.5 Å². The summed E-state index contributed by atoms with van der Waals surface area (Å²) in [6.45, 7) is 9.13. The lowest BCUT2D eigenvalue weighted by molar-refractivity contribution is -0.143. The number of unbranched alkanes of at least 4 members (excludes halogenated alkanes) is 10. The van der Waals surface area contributed by atoms with Crippen LogP contribution in [0.4, 0.5) is 0 Å². The van der Waals surface area contributed by atoms with Crippen LogP contribution >= 0.6 is 0 Å². The molecule has 0 radical (unpaired) electrons. The van der Waals surface area contributed by atoms with Crippen molar-refractivity contribution in [2.24, 2.45) is 0 Å². The Morgan fingerprint density at radius 3 is 1.94 bits per heavy atom. The Morgan fingerprint density at radius 1 is 0.771 bits per heavy atom. The second kappa shape index (κ2) is 18.2. The van der Waals surface area contributed by atoms with Gasteiger partial charge in [-0.05, 0) is 52.0 Å². The molecule has 0 fully saturated rings. The first-order valence-electron chi connectivity index (χ1n) is 13.9. The van der Waals surface area contributed by atoms with Gasteiger partial charge in [0.1, 0.15) is 0 Å². The number of Topliss-reactive ketones (excluding diaryl/α,β-unsaturated/α-hetero) is 1. The van der Waals surface area contributed by atoms with Gasteiger partial charge in [-0.3, -0.25) is 14.4 Å². The minimum atomic E-state index is -0.827. The van der Waals surface area contributed by atoms with Crippen LogP contribution in [0.25, 0.3) is 0 Å². The van der Waals surface area contributed by atoms with E-state index in [-0.39, 0.29) is 18.2 Å². The number of esters is 1. The molecule has 1 heterocycles. The van der Waals surface area contributed by atoms with E-state index in [1.54, 1.807) is 0 Å². The summed E-state index contributed by atoms with van der Waals surface area (Å²) in [5.74, 6) is -0.806. The molecule has 6 heteroatoms. The minimum Gasteiger partial charge on any atom is -0.481 e. The van der Waals surface area contributed by atoms with Crippen molar-refractivity contribution in [3.63, 3.8) is 0 Å². The van der Waals surface area contributed by atoms with Crippen LogP contribution in [0.15, 0.2) is 0 Å². The van der Waals surface area contributed by atoms with Crippen molar-refractivity contribution in [2.75, 3.05) is 6.61 Å². The third-order valence-corrected chi connectivity index (χ3v) is 6.83. The van der Waals surface area contributed by atoms with Gasteiger partial charge < -0.3 is 14.4 Å². The number of hydrogen-bond donors (Lipinski definition) is 1. The van der Waals surface area contributed by atoms with E-state index in [1.807, 2.05) is 20.8 Å². The molecule has 35 heavy (non-hydrogen) atoms. The first kappa shape index (κ1) is 30.9. The lowest BCUT2D eigenvalue weighted by Crippen LogP contribution is -2.09. The molecule has 6 nitrogen and oxygen atoms in total. The first-order valence-corrected chi connectivity index (χ1v) is 13.9. The van der Waals surface area contributed by atoms with E-state index in [4.69, 9.17) is 4.74 Å². The van der Waals surface area contributed by atoms with Gasteiger partial charge in [-0.2, -0.15) is 0 Å². The Labute approximate surface area is 212 Å². The molecule has 1 N–H and O–H groups in total. The summed E-state index contributed by atoms with van der Waals surface area (Å²) in [7, 11) is 0. The fourth-order valence-electron chi connectivity index (χ4n) is 4.89. The quantitative estimate of drug-likeness (QED) is 0.110. The number of hydrogen-bond acceptors (Lipinski definition) is 4. The second-order valence-corrected chi connectivity index (χ2v) is 9.69. The summed E-state index contributed by atoms with van der Waals surface area (Å²) in [6.07, 6.45) is 15.0. The molecule has 200 valence electrons. The molecule has 0 bridgehead atoms. The third kappa shape index (κ3) is 11.9. The van der Waals surface area contributed by atoms with Crippen molar-refractivity contribution in [3.05, 3.63) is 22.5 Å². The summed E-state index contributed by atoms with van der Waals surface area (Å²) in [6, 6.07) is 0. The normalized spacial score (nSPS) is 11.1. The molecule has 0 spiro atoms. The molecule has 0 saturated carbocycles. The van der Waals surface area contributed by atoms with Crippen LogP contribution in [0.1, 0.15) is 137 Å². The maximum atomic E-state index is 13.1. The van der Waals surface area contributed by atoms with Crippen LogP contribution in [0.3, 0.4) is 0 Å². The molecule has 1 aromatic rings. The van der Waals surface area contributed by atoms with E-state index in [1.165, 1.54) is 44.9 Å². The van der Waals surface area contributed by atoms with Crippen LogP contribution in [0.5, 0.6) is 0 Å². The Morgan fingerprint density at radius 2 is 1.34 bits per heavy atom. The number of carbonyl (C=O) groups excluding carboxylic acids is 2. The summed E-state index contributed by atoms with van der Waals surface area (Å²) in [5, 5.41) is 9.21. The molecule has 0 aliphatic heterocycles. The lowest BCUT2D eigenvalue weighted by Gasteiger charge is -2.12. The summed E-state index contributed by atoms with van der Waals surface area (Å²) < 4.78 is 7.13. The number of nitrogens with zero attached hydrogens (tertiary/aromatic N) is 1. The van der Waals surface area contributed by atoms with E-state index in [0.29, 0.717) is 25.9 Å². The third-order valence-electron chi connectivity index (χ3n) is 6.83. The highest BCUT2D eigenvalue weighted by Crippen LogP contribution is 2.26. The second-order valence-electron chi connectivity index (χ2n) is 9.69. The summed E-state index contributed by atoms with van der Waals surface area (Å²) >= 11 is 0. The largest absolute Gasteiger partial charge is 0.481 e. The van der Waals surface area contributed by atoms with Crippen LogP contribution < -0.4 is 0 Å². The SMILES string of the molecule is CCCCCCCCCCCC(=O)c1c(C)c(CCC(=O)O)n(CCCCCC(=O)OCC)c1C. The summed E-state index contributed by atoms with van der Waals surface area (Å²) in [4.78, 5) is 35.9. The number of carboxylic acids is 1. The molecule has 0 aliphatic carbocycles. The van der Waals surface area contributed by atoms with E-state index in [2.05, 4.69) is 11.5 Å². The van der Waals surface area contributed by atoms with Crippen LogP contribution in [-0.4, -0.2) is 34.0 Å². The van der Waals surface area contributed by atoms with Gasteiger partial charge in [0.2, 0.25) is 0 Å². The molecule has 0 saturated heterocycles. The molecule has 0 aliphatic rings. The van der Waals surface area contributed by atoms with Gasteiger partial charge >= 0.3 is 11.9 Å². The van der Waals surface area contributed by atoms with Crippen LogP contribution in [-0.2, 0) is 27.3 Å². The van der Waals surface area contributed by atoms with Crippen molar-refractivity contribution < 1.29 is 24.2 Å².